The van der Waals surface area contributed by atoms with Gasteiger partial charge in [0.05, 0.1) is 0 Å². The Bertz CT molecular complexity index is 530. The van der Waals surface area contributed by atoms with Crippen LogP contribution in [0.15, 0.2) is 60.7 Å². The number of nitrogens with zero attached hydrogens (tertiary/aromatic N) is 1. The van der Waals surface area contributed by atoms with E-state index in [1.165, 1.54) is 11.1 Å². The molecule has 0 aliphatic heterocycles. The lowest BCUT2D eigenvalue weighted by Gasteiger charge is -2.40. The van der Waals surface area contributed by atoms with Crippen molar-refractivity contribution in [3.63, 3.8) is 0 Å². The van der Waals surface area contributed by atoms with Crippen molar-refractivity contribution in [3.8, 4) is 0 Å². The van der Waals surface area contributed by atoms with E-state index in [9.17, 15) is 0 Å². The Balaban J connectivity index is 2.25. The Hall–Kier alpha value is -1.64. The van der Waals surface area contributed by atoms with Gasteiger partial charge < -0.3 is 5.32 Å². The molecule has 130 valence electrons. The van der Waals surface area contributed by atoms with Gasteiger partial charge in [-0.15, -0.1) is 0 Å². The molecule has 0 aliphatic rings. The molecule has 2 aromatic carbocycles. The molecule has 0 saturated carbocycles. The van der Waals surface area contributed by atoms with Crippen molar-refractivity contribution in [2.24, 2.45) is 5.41 Å². The van der Waals surface area contributed by atoms with Gasteiger partial charge in [0.15, 0.2) is 0 Å². The lowest BCUT2D eigenvalue weighted by Crippen LogP contribution is -2.49. The van der Waals surface area contributed by atoms with E-state index in [2.05, 4.69) is 98.6 Å². The first kappa shape index (κ1) is 18.7. The third-order valence-electron chi connectivity index (χ3n) is 4.49. The molecule has 0 fully saturated rings. The van der Waals surface area contributed by atoms with Crippen molar-refractivity contribution in [2.45, 2.75) is 46.8 Å². The van der Waals surface area contributed by atoms with Gasteiger partial charge in [-0.25, -0.2) is 0 Å². The van der Waals surface area contributed by atoms with Crippen LogP contribution in [0.2, 0.25) is 0 Å². The average Bonchev–Trinajstić information content (AvgIpc) is 2.56. The van der Waals surface area contributed by atoms with E-state index in [1.54, 1.807) is 0 Å². The first-order valence-electron chi connectivity index (χ1n) is 9.03. The minimum Gasteiger partial charge on any atom is -0.315 e. The van der Waals surface area contributed by atoms with Gasteiger partial charge in [0.2, 0.25) is 0 Å². The summed E-state index contributed by atoms with van der Waals surface area (Å²) in [7, 11) is 0. The number of likely N-dealkylation sites (N-methyl/N-ethyl adjacent to an activating group) is 1. The van der Waals surface area contributed by atoms with Crippen LogP contribution in [0.5, 0.6) is 0 Å². The summed E-state index contributed by atoms with van der Waals surface area (Å²) in [5.41, 5.74) is 2.96. The normalized spacial score (nSPS) is 13.2. The summed E-state index contributed by atoms with van der Waals surface area (Å²) in [4.78, 5) is 2.62. The summed E-state index contributed by atoms with van der Waals surface area (Å²) in [6, 6.07) is 22.1. The van der Waals surface area contributed by atoms with Crippen molar-refractivity contribution in [2.75, 3.05) is 13.1 Å². The van der Waals surface area contributed by atoms with Gasteiger partial charge >= 0.3 is 0 Å². The van der Waals surface area contributed by atoms with Crippen LogP contribution < -0.4 is 5.32 Å². The highest BCUT2D eigenvalue weighted by molar-refractivity contribution is 5.17. The number of benzene rings is 2. The third kappa shape index (κ3) is 5.77. The second-order valence-corrected chi connectivity index (χ2v) is 7.57. The van der Waals surface area contributed by atoms with Gasteiger partial charge in [0.1, 0.15) is 0 Å². The van der Waals surface area contributed by atoms with Gasteiger partial charge in [0, 0.05) is 25.7 Å². The van der Waals surface area contributed by atoms with Gasteiger partial charge in [-0.05, 0) is 23.1 Å². The van der Waals surface area contributed by atoms with E-state index >= 15 is 0 Å². The molecule has 2 nitrogen and oxygen atoms in total. The Labute approximate surface area is 147 Å². The Morgan fingerprint density at radius 3 is 1.67 bits per heavy atom. The van der Waals surface area contributed by atoms with Crippen molar-refractivity contribution in [1.82, 2.24) is 10.2 Å². The van der Waals surface area contributed by atoms with Crippen LogP contribution >= 0.6 is 0 Å². The number of nitrogens with one attached hydrogen (secondary N) is 1. The second kappa shape index (κ2) is 9.00. The molecule has 1 atom stereocenters. The second-order valence-electron chi connectivity index (χ2n) is 7.57. The maximum Gasteiger partial charge on any atom is 0.0276 e. The van der Waals surface area contributed by atoms with Crippen LogP contribution in [-0.4, -0.2) is 24.0 Å². The zero-order chi connectivity index (χ0) is 17.4. The third-order valence-corrected chi connectivity index (χ3v) is 4.49. The van der Waals surface area contributed by atoms with Crippen molar-refractivity contribution < 1.29 is 0 Å². The lowest BCUT2D eigenvalue weighted by atomic mass is 9.85. The lowest BCUT2D eigenvalue weighted by molar-refractivity contribution is 0.0837. The number of hydrogen-bond donors (Lipinski definition) is 1. The predicted molar refractivity (Wildman–Crippen MR) is 104 cm³/mol. The highest BCUT2D eigenvalue weighted by Crippen LogP contribution is 2.27. The zero-order valence-corrected chi connectivity index (χ0v) is 15.6. The van der Waals surface area contributed by atoms with Crippen molar-refractivity contribution >= 4 is 0 Å². The van der Waals surface area contributed by atoms with Crippen LogP contribution in [0.4, 0.5) is 0 Å². The molecule has 0 saturated heterocycles. The quantitative estimate of drug-likeness (QED) is 0.756. The summed E-state index contributed by atoms with van der Waals surface area (Å²) >= 11 is 0. The molecular weight excluding hydrogens is 292 g/mol. The largest absolute Gasteiger partial charge is 0.315 e. The van der Waals surface area contributed by atoms with Crippen molar-refractivity contribution in [3.05, 3.63) is 71.8 Å². The Kier molecular flexibility index (Phi) is 7.01. The van der Waals surface area contributed by atoms with E-state index in [-0.39, 0.29) is 5.41 Å². The SMILES string of the molecule is CCNCC(N(Cc1ccccc1)Cc1ccccc1)C(C)(C)C. The summed E-state index contributed by atoms with van der Waals surface area (Å²) in [5.74, 6) is 0. The summed E-state index contributed by atoms with van der Waals surface area (Å²) in [5, 5.41) is 3.57. The molecule has 2 aromatic rings. The molecule has 2 rings (SSSR count). The maximum absolute atomic E-state index is 3.57. The van der Waals surface area contributed by atoms with Gasteiger partial charge in [-0.1, -0.05) is 88.4 Å². The summed E-state index contributed by atoms with van der Waals surface area (Å²) in [6.07, 6.45) is 0. The smallest absolute Gasteiger partial charge is 0.0276 e. The molecule has 0 bridgehead atoms. The minimum atomic E-state index is 0.214. The molecule has 0 heterocycles. The monoisotopic (exact) mass is 324 g/mol. The van der Waals surface area contributed by atoms with E-state index in [1.807, 2.05) is 0 Å². The maximum atomic E-state index is 3.57. The molecule has 0 spiro atoms. The van der Waals surface area contributed by atoms with Crippen LogP contribution in [0, 0.1) is 5.41 Å². The topological polar surface area (TPSA) is 15.3 Å². The molecule has 1 N–H and O–H groups in total. The predicted octanol–water partition coefficient (Wildman–Crippen LogP) is 4.71. The standard InChI is InChI=1S/C22H32N2/c1-5-23-16-21(22(2,3)4)24(17-19-12-8-6-9-13-19)18-20-14-10-7-11-15-20/h6-15,21,23H,5,16-18H2,1-4H3. The van der Waals surface area contributed by atoms with E-state index in [0.29, 0.717) is 6.04 Å². The fraction of sp³-hybridized carbons (Fsp3) is 0.455. The molecule has 0 aliphatic carbocycles. The van der Waals surface area contributed by atoms with E-state index in [4.69, 9.17) is 0 Å². The molecule has 2 heteroatoms. The molecular formula is C22H32N2. The fourth-order valence-corrected chi connectivity index (χ4v) is 3.18. The molecule has 1 unspecified atom stereocenters. The molecule has 0 radical (unpaired) electrons. The number of hydrogen-bond acceptors (Lipinski definition) is 2. The summed E-state index contributed by atoms with van der Waals surface area (Å²) in [6.45, 7) is 13.2. The van der Waals surface area contributed by atoms with Gasteiger partial charge in [0.25, 0.3) is 0 Å². The molecule has 0 aromatic heterocycles. The zero-order valence-electron chi connectivity index (χ0n) is 15.6. The molecule has 0 amide bonds. The first-order chi connectivity index (χ1) is 11.5. The van der Waals surface area contributed by atoms with Crippen LogP contribution in [0.25, 0.3) is 0 Å². The molecule has 24 heavy (non-hydrogen) atoms. The summed E-state index contributed by atoms with van der Waals surface area (Å²) < 4.78 is 0. The number of rotatable bonds is 8. The van der Waals surface area contributed by atoms with Crippen LogP contribution in [0.1, 0.15) is 38.8 Å². The van der Waals surface area contributed by atoms with E-state index in [0.717, 1.165) is 26.2 Å². The Morgan fingerprint density at radius 2 is 1.29 bits per heavy atom. The fourth-order valence-electron chi connectivity index (χ4n) is 3.18. The first-order valence-corrected chi connectivity index (χ1v) is 9.03. The average molecular weight is 325 g/mol. The minimum absolute atomic E-state index is 0.214. The van der Waals surface area contributed by atoms with Crippen LogP contribution in [0.3, 0.4) is 0 Å². The van der Waals surface area contributed by atoms with Gasteiger partial charge in [-0.2, -0.15) is 0 Å². The van der Waals surface area contributed by atoms with Crippen molar-refractivity contribution in [1.29, 1.82) is 0 Å². The Morgan fingerprint density at radius 1 is 0.833 bits per heavy atom. The van der Waals surface area contributed by atoms with E-state index < -0.39 is 0 Å². The highest BCUT2D eigenvalue weighted by atomic mass is 15.2. The highest BCUT2D eigenvalue weighted by Gasteiger charge is 2.30. The van der Waals surface area contributed by atoms with Gasteiger partial charge in [-0.3, -0.25) is 4.90 Å². The van der Waals surface area contributed by atoms with Crippen LogP contribution in [-0.2, 0) is 13.1 Å².